The molecule has 6 heteroatoms. The molecule has 0 aromatic rings. The van der Waals surface area contributed by atoms with Gasteiger partial charge in [0.25, 0.3) is 0 Å². The van der Waals surface area contributed by atoms with Gasteiger partial charge in [0.15, 0.2) is 0 Å². The first-order valence-corrected chi connectivity index (χ1v) is 3.45. The Morgan fingerprint density at radius 2 is 1.67 bits per heavy atom. The molecule has 0 amide bonds. The van der Waals surface area contributed by atoms with Crippen LogP contribution >= 0.6 is 0 Å². The van der Waals surface area contributed by atoms with Crippen molar-refractivity contribution < 1.29 is 22.0 Å². The number of hydrogen-bond donors (Lipinski definition) is 1. The maximum Gasteiger partial charge on any atom is 0.453 e. The standard InChI is InChI=1S/C6H8F5N/c7-5(8,6(9,10)11)4-1-3(4)2-12/h3-4H,1-2,12H2/t3-,4+/m0/s1. The average molecular weight is 189 g/mol. The minimum atomic E-state index is -5.43. The van der Waals surface area contributed by atoms with Gasteiger partial charge in [-0.3, -0.25) is 0 Å². The molecular weight excluding hydrogens is 181 g/mol. The average Bonchev–Trinajstić information content (AvgIpc) is 2.62. The van der Waals surface area contributed by atoms with E-state index >= 15 is 0 Å². The van der Waals surface area contributed by atoms with Crippen molar-refractivity contribution in [3.05, 3.63) is 0 Å². The molecule has 1 saturated carbocycles. The van der Waals surface area contributed by atoms with Gasteiger partial charge in [0.05, 0.1) is 0 Å². The topological polar surface area (TPSA) is 26.0 Å². The number of hydrogen-bond acceptors (Lipinski definition) is 1. The summed E-state index contributed by atoms with van der Waals surface area (Å²) in [7, 11) is 0. The number of alkyl halides is 5. The molecule has 1 fully saturated rings. The third-order valence-electron chi connectivity index (χ3n) is 2.07. The van der Waals surface area contributed by atoms with Gasteiger partial charge in [0, 0.05) is 5.92 Å². The second kappa shape index (κ2) is 2.55. The zero-order valence-electron chi connectivity index (χ0n) is 6.04. The highest BCUT2D eigenvalue weighted by molar-refractivity contribution is 4.99. The first kappa shape index (κ1) is 9.70. The van der Waals surface area contributed by atoms with Crippen molar-refractivity contribution in [2.45, 2.75) is 18.5 Å². The summed E-state index contributed by atoms with van der Waals surface area (Å²) in [6, 6.07) is 0. The first-order valence-electron chi connectivity index (χ1n) is 3.45. The third kappa shape index (κ3) is 1.39. The summed E-state index contributed by atoms with van der Waals surface area (Å²) >= 11 is 0. The van der Waals surface area contributed by atoms with Crippen molar-refractivity contribution in [2.75, 3.05) is 6.54 Å². The highest BCUT2D eigenvalue weighted by Crippen LogP contribution is 2.55. The Kier molecular flexibility index (Phi) is 2.06. The van der Waals surface area contributed by atoms with Gasteiger partial charge in [0.2, 0.25) is 0 Å². The smallest absolute Gasteiger partial charge is 0.330 e. The molecule has 0 aromatic carbocycles. The number of halogens is 5. The van der Waals surface area contributed by atoms with E-state index in [1.165, 1.54) is 0 Å². The van der Waals surface area contributed by atoms with Crippen LogP contribution in [0.15, 0.2) is 0 Å². The maximum atomic E-state index is 12.4. The molecule has 0 heterocycles. The predicted molar refractivity (Wildman–Crippen MR) is 31.7 cm³/mol. The van der Waals surface area contributed by atoms with E-state index < -0.39 is 23.9 Å². The highest BCUT2D eigenvalue weighted by atomic mass is 19.4. The first-order chi connectivity index (χ1) is 5.30. The minimum absolute atomic E-state index is 0.101. The number of nitrogens with two attached hydrogens (primary N) is 1. The molecule has 1 aliphatic rings. The Hall–Kier alpha value is -0.390. The molecular formula is C6H8F5N. The summed E-state index contributed by atoms with van der Waals surface area (Å²) in [6.45, 7) is -0.101. The summed E-state index contributed by atoms with van der Waals surface area (Å²) < 4.78 is 59.7. The Morgan fingerprint density at radius 3 is 1.92 bits per heavy atom. The predicted octanol–water partition coefficient (Wildman–Crippen LogP) is 1.78. The summed E-state index contributed by atoms with van der Waals surface area (Å²) in [5.41, 5.74) is 4.96. The van der Waals surface area contributed by atoms with Gasteiger partial charge in [0.1, 0.15) is 0 Å². The molecule has 1 rings (SSSR count). The van der Waals surface area contributed by atoms with Gasteiger partial charge >= 0.3 is 12.1 Å². The van der Waals surface area contributed by atoms with Crippen molar-refractivity contribution in [3.8, 4) is 0 Å². The third-order valence-corrected chi connectivity index (χ3v) is 2.07. The molecule has 0 saturated heterocycles. The molecule has 0 aliphatic heterocycles. The Labute approximate surface area is 65.7 Å². The molecule has 0 radical (unpaired) electrons. The quantitative estimate of drug-likeness (QED) is 0.658. The van der Waals surface area contributed by atoms with Crippen LogP contribution in [-0.4, -0.2) is 18.6 Å². The van der Waals surface area contributed by atoms with E-state index in [2.05, 4.69) is 0 Å². The van der Waals surface area contributed by atoms with Gasteiger partial charge < -0.3 is 5.73 Å². The van der Waals surface area contributed by atoms with Gasteiger partial charge in [-0.05, 0) is 18.9 Å². The van der Waals surface area contributed by atoms with Crippen LogP contribution in [0.25, 0.3) is 0 Å². The Bertz CT molecular complexity index is 175. The largest absolute Gasteiger partial charge is 0.453 e. The van der Waals surface area contributed by atoms with Crippen molar-refractivity contribution in [1.82, 2.24) is 0 Å². The molecule has 0 bridgehead atoms. The molecule has 0 unspecified atom stereocenters. The van der Waals surface area contributed by atoms with Crippen molar-refractivity contribution in [1.29, 1.82) is 0 Å². The van der Waals surface area contributed by atoms with Crippen molar-refractivity contribution in [3.63, 3.8) is 0 Å². The molecule has 0 spiro atoms. The van der Waals surface area contributed by atoms with Gasteiger partial charge in [-0.1, -0.05) is 0 Å². The van der Waals surface area contributed by atoms with E-state index in [4.69, 9.17) is 5.73 Å². The van der Waals surface area contributed by atoms with Gasteiger partial charge in [-0.15, -0.1) is 0 Å². The van der Waals surface area contributed by atoms with Crippen LogP contribution in [0, 0.1) is 11.8 Å². The Balaban J connectivity index is 2.62. The highest BCUT2D eigenvalue weighted by Gasteiger charge is 2.68. The monoisotopic (exact) mass is 189 g/mol. The van der Waals surface area contributed by atoms with Crippen molar-refractivity contribution >= 4 is 0 Å². The summed E-state index contributed by atoms with van der Waals surface area (Å²) in [5.74, 6) is -6.82. The van der Waals surface area contributed by atoms with Crippen LogP contribution < -0.4 is 5.73 Å². The molecule has 2 N–H and O–H groups in total. The number of rotatable bonds is 2. The van der Waals surface area contributed by atoms with E-state index in [1.807, 2.05) is 0 Å². The molecule has 1 nitrogen and oxygen atoms in total. The van der Waals surface area contributed by atoms with E-state index in [1.54, 1.807) is 0 Å². The lowest BCUT2D eigenvalue weighted by Crippen LogP contribution is -2.39. The summed E-state index contributed by atoms with van der Waals surface area (Å²) in [5, 5.41) is 0. The SMILES string of the molecule is NC[C@@H]1C[C@H]1C(F)(F)C(F)(F)F. The lowest BCUT2D eigenvalue weighted by atomic mass is 10.1. The summed E-state index contributed by atoms with van der Waals surface area (Å²) in [6.07, 6.45) is -5.55. The van der Waals surface area contributed by atoms with Gasteiger partial charge in [-0.2, -0.15) is 22.0 Å². The van der Waals surface area contributed by atoms with E-state index in [9.17, 15) is 22.0 Å². The van der Waals surface area contributed by atoms with E-state index in [0.717, 1.165) is 0 Å². The molecule has 0 aromatic heterocycles. The molecule has 2 atom stereocenters. The van der Waals surface area contributed by atoms with Crippen LogP contribution in [0.2, 0.25) is 0 Å². The fourth-order valence-electron chi connectivity index (χ4n) is 1.16. The maximum absolute atomic E-state index is 12.4. The van der Waals surface area contributed by atoms with Gasteiger partial charge in [-0.25, -0.2) is 0 Å². The van der Waals surface area contributed by atoms with Crippen molar-refractivity contribution in [2.24, 2.45) is 17.6 Å². The molecule has 72 valence electrons. The van der Waals surface area contributed by atoms with Crippen LogP contribution in [0.3, 0.4) is 0 Å². The lowest BCUT2D eigenvalue weighted by molar-refractivity contribution is -0.292. The van der Waals surface area contributed by atoms with Crippen LogP contribution in [0.4, 0.5) is 22.0 Å². The van der Waals surface area contributed by atoms with E-state index in [0.29, 0.717) is 0 Å². The zero-order chi connectivity index (χ0) is 9.57. The molecule has 1 aliphatic carbocycles. The summed E-state index contributed by atoms with van der Waals surface area (Å²) in [4.78, 5) is 0. The second-order valence-electron chi connectivity index (χ2n) is 2.96. The lowest BCUT2D eigenvalue weighted by Gasteiger charge is -2.19. The fourth-order valence-corrected chi connectivity index (χ4v) is 1.16. The fraction of sp³-hybridized carbons (Fsp3) is 1.00. The normalized spacial score (nSPS) is 30.5. The minimum Gasteiger partial charge on any atom is -0.330 e. The Morgan fingerprint density at radius 1 is 1.17 bits per heavy atom. The van der Waals surface area contributed by atoms with Crippen LogP contribution in [-0.2, 0) is 0 Å². The zero-order valence-corrected chi connectivity index (χ0v) is 6.04. The van der Waals surface area contributed by atoms with Crippen LogP contribution in [0.1, 0.15) is 6.42 Å². The van der Waals surface area contributed by atoms with E-state index in [-0.39, 0.29) is 13.0 Å². The molecule has 12 heavy (non-hydrogen) atoms. The van der Waals surface area contributed by atoms with Crippen LogP contribution in [0.5, 0.6) is 0 Å². The second-order valence-corrected chi connectivity index (χ2v) is 2.96.